The molecule has 1 aliphatic rings. The molecular formula is C20H24N2O5S. The molecule has 1 aromatic heterocycles. The quantitative estimate of drug-likeness (QED) is 0.689. The first-order valence-corrected chi connectivity index (χ1v) is 10.1. The molecule has 7 nitrogen and oxygen atoms in total. The number of anilines is 1. The van der Waals surface area contributed by atoms with Crippen LogP contribution in [0.2, 0.25) is 0 Å². The summed E-state index contributed by atoms with van der Waals surface area (Å²) in [6.45, 7) is -0.00816. The van der Waals surface area contributed by atoms with Crippen molar-refractivity contribution >= 4 is 28.9 Å². The largest absolute Gasteiger partial charge is 0.495 e. The number of ether oxygens (including phenoxy) is 2. The van der Waals surface area contributed by atoms with Gasteiger partial charge in [0, 0.05) is 5.38 Å². The van der Waals surface area contributed by atoms with Gasteiger partial charge < -0.3 is 19.9 Å². The Balaban J connectivity index is 1.51. The Labute approximate surface area is 167 Å². The van der Waals surface area contributed by atoms with Crippen LogP contribution < -0.4 is 10.1 Å². The van der Waals surface area contributed by atoms with Crippen LogP contribution in [-0.4, -0.2) is 34.7 Å². The first kappa shape index (κ1) is 20.3. The second kappa shape index (κ2) is 9.16. The third-order valence-corrected chi connectivity index (χ3v) is 5.60. The Bertz CT molecular complexity index is 830. The number of nitrogens with zero attached hydrogens (tertiary/aromatic N) is 1. The first-order chi connectivity index (χ1) is 13.5. The van der Waals surface area contributed by atoms with Gasteiger partial charge in [0.05, 0.1) is 24.9 Å². The van der Waals surface area contributed by atoms with Gasteiger partial charge in [0.1, 0.15) is 17.4 Å². The van der Waals surface area contributed by atoms with E-state index in [4.69, 9.17) is 9.47 Å². The molecule has 0 spiro atoms. The minimum atomic E-state index is -1.37. The minimum absolute atomic E-state index is 0.00816. The fourth-order valence-electron chi connectivity index (χ4n) is 3.19. The standard InChI is InChI=1S/C20H24N2O5S/c1-26-16-8-4-3-7-15(16)22-17(23)11-18-21-14(13-28-18)12-27-19(24)20(25)9-5-2-6-10-20/h3-4,7-8,13,25H,2,5-6,9-12H2,1H3,(H,22,23). The van der Waals surface area contributed by atoms with Gasteiger partial charge in [0.25, 0.3) is 0 Å². The van der Waals surface area contributed by atoms with Gasteiger partial charge in [-0.25, -0.2) is 9.78 Å². The number of hydrogen-bond donors (Lipinski definition) is 2. The Hall–Kier alpha value is -2.45. The topological polar surface area (TPSA) is 97.8 Å². The molecule has 0 bridgehead atoms. The zero-order chi connectivity index (χ0) is 20.0. The van der Waals surface area contributed by atoms with E-state index in [9.17, 15) is 14.7 Å². The maximum Gasteiger partial charge on any atom is 0.338 e. The van der Waals surface area contributed by atoms with Crippen LogP contribution in [-0.2, 0) is 27.4 Å². The summed E-state index contributed by atoms with van der Waals surface area (Å²) in [6, 6.07) is 7.17. The lowest BCUT2D eigenvalue weighted by Crippen LogP contribution is -2.41. The third kappa shape index (κ3) is 5.08. The number of carbonyl (C=O) groups is 2. The number of amides is 1. The van der Waals surface area contributed by atoms with Crippen LogP contribution in [0.4, 0.5) is 5.69 Å². The molecule has 1 heterocycles. The summed E-state index contributed by atoms with van der Waals surface area (Å²) in [5.41, 5.74) is -0.203. The highest BCUT2D eigenvalue weighted by Crippen LogP contribution is 2.29. The molecule has 2 N–H and O–H groups in total. The second-order valence-corrected chi connectivity index (χ2v) is 7.77. The number of para-hydroxylation sites is 2. The number of aromatic nitrogens is 1. The fourth-order valence-corrected chi connectivity index (χ4v) is 3.97. The maximum absolute atomic E-state index is 12.3. The lowest BCUT2D eigenvalue weighted by atomic mass is 9.85. The SMILES string of the molecule is COc1ccccc1NC(=O)Cc1nc(COC(=O)C2(O)CCCCC2)cs1. The van der Waals surface area contributed by atoms with E-state index in [-0.39, 0.29) is 18.9 Å². The average Bonchev–Trinajstić information content (AvgIpc) is 3.14. The van der Waals surface area contributed by atoms with Gasteiger partial charge in [-0.3, -0.25) is 4.79 Å². The Morgan fingerprint density at radius 3 is 2.75 bits per heavy atom. The van der Waals surface area contributed by atoms with Crippen LogP contribution in [0.5, 0.6) is 5.75 Å². The van der Waals surface area contributed by atoms with Crippen LogP contribution in [0.3, 0.4) is 0 Å². The molecule has 8 heteroatoms. The van der Waals surface area contributed by atoms with Crippen molar-refractivity contribution in [1.82, 2.24) is 4.98 Å². The number of esters is 1. The van der Waals surface area contributed by atoms with Crippen molar-refractivity contribution in [3.63, 3.8) is 0 Å². The molecular weight excluding hydrogens is 380 g/mol. The van der Waals surface area contributed by atoms with E-state index >= 15 is 0 Å². The first-order valence-electron chi connectivity index (χ1n) is 9.26. The van der Waals surface area contributed by atoms with Crippen molar-refractivity contribution in [3.05, 3.63) is 40.3 Å². The second-order valence-electron chi connectivity index (χ2n) is 6.83. The predicted octanol–water partition coefficient (Wildman–Crippen LogP) is 3.07. The Morgan fingerprint density at radius 1 is 1.25 bits per heavy atom. The number of nitrogens with one attached hydrogen (secondary N) is 1. The smallest absolute Gasteiger partial charge is 0.338 e. The number of methoxy groups -OCH3 is 1. The van der Waals surface area contributed by atoms with Crippen molar-refractivity contribution in [2.45, 2.75) is 50.7 Å². The highest BCUT2D eigenvalue weighted by atomic mass is 32.1. The molecule has 2 aromatic rings. The molecule has 0 unspecified atom stereocenters. The molecule has 0 aliphatic heterocycles. The summed E-state index contributed by atoms with van der Waals surface area (Å²) < 4.78 is 10.5. The van der Waals surface area contributed by atoms with Crippen molar-refractivity contribution in [2.24, 2.45) is 0 Å². The molecule has 1 fully saturated rings. The van der Waals surface area contributed by atoms with Gasteiger partial charge in [-0.05, 0) is 37.8 Å². The monoisotopic (exact) mass is 404 g/mol. The van der Waals surface area contributed by atoms with Crippen molar-refractivity contribution in [3.8, 4) is 5.75 Å². The Kier molecular flexibility index (Phi) is 6.64. The molecule has 1 saturated carbocycles. The van der Waals surface area contributed by atoms with Crippen LogP contribution in [0.15, 0.2) is 29.6 Å². The summed E-state index contributed by atoms with van der Waals surface area (Å²) >= 11 is 1.33. The molecule has 1 aromatic carbocycles. The summed E-state index contributed by atoms with van der Waals surface area (Å²) in [5, 5.41) is 15.5. The molecule has 0 atom stereocenters. The number of thiazole rings is 1. The van der Waals surface area contributed by atoms with Crippen LogP contribution >= 0.6 is 11.3 Å². The summed E-state index contributed by atoms with van der Waals surface area (Å²) in [7, 11) is 1.54. The van der Waals surface area contributed by atoms with Gasteiger partial charge in [0.2, 0.25) is 5.91 Å². The zero-order valence-electron chi connectivity index (χ0n) is 15.8. The lowest BCUT2D eigenvalue weighted by molar-refractivity contribution is -0.170. The third-order valence-electron chi connectivity index (χ3n) is 4.70. The van der Waals surface area contributed by atoms with E-state index in [0.717, 1.165) is 19.3 Å². The molecule has 150 valence electrons. The van der Waals surface area contributed by atoms with E-state index in [1.807, 2.05) is 12.1 Å². The summed E-state index contributed by atoms with van der Waals surface area (Å²) in [6.07, 6.45) is 3.68. The summed E-state index contributed by atoms with van der Waals surface area (Å²) in [5.74, 6) is -0.210. The molecule has 1 amide bonds. The minimum Gasteiger partial charge on any atom is -0.495 e. The Morgan fingerprint density at radius 2 is 2.00 bits per heavy atom. The van der Waals surface area contributed by atoms with Gasteiger partial charge in [0.15, 0.2) is 5.60 Å². The molecule has 3 rings (SSSR count). The van der Waals surface area contributed by atoms with Gasteiger partial charge in [-0.15, -0.1) is 11.3 Å². The van der Waals surface area contributed by atoms with E-state index in [2.05, 4.69) is 10.3 Å². The van der Waals surface area contributed by atoms with Gasteiger partial charge in [-0.2, -0.15) is 0 Å². The maximum atomic E-state index is 12.3. The van der Waals surface area contributed by atoms with Crippen molar-refractivity contribution in [2.75, 3.05) is 12.4 Å². The van der Waals surface area contributed by atoms with E-state index in [1.54, 1.807) is 24.6 Å². The zero-order valence-corrected chi connectivity index (χ0v) is 16.6. The van der Waals surface area contributed by atoms with Gasteiger partial charge >= 0.3 is 5.97 Å². The van der Waals surface area contributed by atoms with Gasteiger partial charge in [-0.1, -0.05) is 18.6 Å². The van der Waals surface area contributed by atoms with Crippen molar-refractivity contribution in [1.29, 1.82) is 0 Å². The molecule has 0 saturated heterocycles. The highest BCUT2D eigenvalue weighted by Gasteiger charge is 2.38. The van der Waals surface area contributed by atoms with Crippen LogP contribution in [0.25, 0.3) is 0 Å². The molecule has 0 radical (unpaired) electrons. The average molecular weight is 404 g/mol. The summed E-state index contributed by atoms with van der Waals surface area (Å²) in [4.78, 5) is 28.8. The van der Waals surface area contributed by atoms with Crippen molar-refractivity contribution < 1.29 is 24.2 Å². The normalized spacial score (nSPS) is 15.6. The van der Waals surface area contributed by atoms with Crippen LogP contribution in [0, 0.1) is 0 Å². The molecule has 28 heavy (non-hydrogen) atoms. The van der Waals surface area contributed by atoms with E-state index in [1.165, 1.54) is 11.3 Å². The number of aliphatic hydroxyl groups is 1. The van der Waals surface area contributed by atoms with E-state index in [0.29, 0.717) is 35.0 Å². The predicted molar refractivity (Wildman–Crippen MR) is 105 cm³/mol. The lowest BCUT2D eigenvalue weighted by Gasteiger charge is -2.29. The highest BCUT2D eigenvalue weighted by molar-refractivity contribution is 7.09. The number of carbonyl (C=O) groups excluding carboxylic acids is 2. The molecule has 1 aliphatic carbocycles. The number of hydrogen-bond acceptors (Lipinski definition) is 7. The number of benzene rings is 1. The number of rotatable bonds is 7. The van der Waals surface area contributed by atoms with Crippen LogP contribution in [0.1, 0.15) is 42.8 Å². The fraction of sp³-hybridized carbons (Fsp3) is 0.450. The van der Waals surface area contributed by atoms with E-state index < -0.39 is 11.6 Å².